The molecule has 2 aromatic carbocycles. The zero-order valence-corrected chi connectivity index (χ0v) is 15.5. The molecule has 0 fully saturated rings. The molecule has 0 bridgehead atoms. The number of anilines is 1. The fourth-order valence-electron chi connectivity index (χ4n) is 3.22. The molecule has 27 heavy (non-hydrogen) atoms. The summed E-state index contributed by atoms with van der Waals surface area (Å²) in [6.07, 6.45) is 4.35. The average Bonchev–Trinajstić information content (AvgIpc) is 3.34. The summed E-state index contributed by atoms with van der Waals surface area (Å²) >= 11 is 0. The summed E-state index contributed by atoms with van der Waals surface area (Å²) in [5, 5.41) is 12.4. The fourth-order valence-corrected chi connectivity index (χ4v) is 3.22. The highest BCUT2D eigenvalue weighted by atomic mass is 15.3. The van der Waals surface area contributed by atoms with Crippen molar-refractivity contribution in [1.29, 1.82) is 0 Å². The standard InChI is InChI=1S/C21H22N6/c1-3-19-18(13-24-27(19)20-12-8-7-9-16(20)2)22-14-21-23-15-25-26(21)17-10-5-4-6-11-17/h4-13,15,22H,3,14H2,1-2H3. The topological polar surface area (TPSA) is 60.6 Å². The fraction of sp³-hybridized carbons (Fsp3) is 0.190. The van der Waals surface area contributed by atoms with Gasteiger partial charge in [0.05, 0.1) is 35.5 Å². The van der Waals surface area contributed by atoms with E-state index in [0.717, 1.165) is 35.0 Å². The van der Waals surface area contributed by atoms with Gasteiger partial charge < -0.3 is 5.32 Å². The number of aryl methyl sites for hydroxylation is 1. The zero-order chi connectivity index (χ0) is 18.6. The van der Waals surface area contributed by atoms with Crippen molar-refractivity contribution in [2.45, 2.75) is 26.8 Å². The van der Waals surface area contributed by atoms with E-state index in [1.54, 1.807) is 6.33 Å². The summed E-state index contributed by atoms with van der Waals surface area (Å²) in [7, 11) is 0. The molecule has 4 aromatic rings. The summed E-state index contributed by atoms with van der Waals surface area (Å²) in [6.45, 7) is 4.82. The predicted molar refractivity (Wildman–Crippen MR) is 106 cm³/mol. The maximum atomic E-state index is 4.61. The molecule has 1 N–H and O–H groups in total. The van der Waals surface area contributed by atoms with Crippen molar-refractivity contribution in [3.8, 4) is 11.4 Å². The lowest BCUT2D eigenvalue weighted by Crippen LogP contribution is -2.10. The number of hydrogen-bond donors (Lipinski definition) is 1. The number of nitrogens with zero attached hydrogens (tertiary/aromatic N) is 5. The molecule has 0 aliphatic heterocycles. The Morgan fingerprint density at radius 3 is 2.48 bits per heavy atom. The van der Waals surface area contributed by atoms with Gasteiger partial charge >= 0.3 is 0 Å². The van der Waals surface area contributed by atoms with Crippen LogP contribution < -0.4 is 5.32 Å². The lowest BCUT2D eigenvalue weighted by molar-refractivity contribution is 0.799. The lowest BCUT2D eigenvalue weighted by atomic mass is 10.2. The average molecular weight is 358 g/mol. The van der Waals surface area contributed by atoms with E-state index in [1.165, 1.54) is 5.56 Å². The Kier molecular flexibility index (Phi) is 4.70. The Morgan fingerprint density at radius 2 is 1.70 bits per heavy atom. The van der Waals surface area contributed by atoms with Crippen LogP contribution in [0.25, 0.3) is 11.4 Å². The van der Waals surface area contributed by atoms with Gasteiger partial charge in [-0.2, -0.15) is 10.2 Å². The molecular formula is C21H22N6. The molecule has 0 aliphatic rings. The van der Waals surface area contributed by atoms with Gasteiger partial charge in [-0.25, -0.2) is 14.3 Å². The van der Waals surface area contributed by atoms with Crippen LogP contribution in [-0.4, -0.2) is 24.5 Å². The van der Waals surface area contributed by atoms with Crippen LogP contribution in [0.2, 0.25) is 0 Å². The van der Waals surface area contributed by atoms with Crippen LogP contribution >= 0.6 is 0 Å². The number of benzene rings is 2. The third kappa shape index (κ3) is 3.33. The molecule has 0 amide bonds. The number of rotatable bonds is 6. The number of aromatic nitrogens is 5. The van der Waals surface area contributed by atoms with Crippen molar-refractivity contribution >= 4 is 5.69 Å². The highest BCUT2D eigenvalue weighted by molar-refractivity contribution is 5.52. The minimum Gasteiger partial charge on any atom is -0.375 e. The number of hydrogen-bond acceptors (Lipinski definition) is 4. The Balaban J connectivity index is 1.59. The molecule has 6 nitrogen and oxygen atoms in total. The Labute approximate surface area is 158 Å². The summed E-state index contributed by atoms with van der Waals surface area (Å²) in [6, 6.07) is 18.3. The smallest absolute Gasteiger partial charge is 0.151 e. The second-order valence-electron chi connectivity index (χ2n) is 6.33. The second-order valence-corrected chi connectivity index (χ2v) is 6.33. The largest absolute Gasteiger partial charge is 0.375 e. The Morgan fingerprint density at radius 1 is 0.926 bits per heavy atom. The first-order chi connectivity index (χ1) is 13.3. The van der Waals surface area contributed by atoms with Gasteiger partial charge in [0.25, 0.3) is 0 Å². The third-order valence-corrected chi connectivity index (χ3v) is 4.60. The molecule has 136 valence electrons. The molecule has 0 aliphatic carbocycles. The van der Waals surface area contributed by atoms with E-state index in [0.29, 0.717) is 6.54 Å². The van der Waals surface area contributed by atoms with Crippen LogP contribution in [0, 0.1) is 6.92 Å². The highest BCUT2D eigenvalue weighted by Gasteiger charge is 2.13. The first kappa shape index (κ1) is 17.0. The van der Waals surface area contributed by atoms with Crippen LogP contribution in [0.5, 0.6) is 0 Å². The molecule has 0 atom stereocenters. The van der Waals surface area contributed by atoms with Gasteiger partial charge in [-0.05, 0) is 37.1 Å². The number of para-hydroxylation sites is 2. The zero-order valence-electron chi connectivity index (χ0n) is 15.5. The predicted octanol–water partition coefficient (Wildman–Crippen LogP) is 3.94. The van der Waals surface area contributed by atoms with Gasteiger partial charge in [-0.1, -0.05) is 43.3 Å². The van der Waals surface area contributed by atoms with E-state index in [-0.39, 0.29) is 0 Å². The molecule has 0 saturated carbocycles. The number of nitrogens with one attached hydrogen (secondary N) is 1. The normalized spacial score (nSPS) is 10.9. The minimum absolute atomic E-state index is 0.571. The van der Waals surface area contributed by atoms with E-state index >= 15 is 0 Å². The van der Waals surface area contributed by atoms with Crippen molar-refractivity contribution in [3.05, 3.63) is 84.2 Å². The molecule has 0 radical (unpaired) electrons. The van der Waals surface area contributed by atoms with Crippen molar-refractivity contribution in [2.75, 3.05) is 5.32 Å². The molecule has 4 rings (SSSR count). The van der Waals surface area contributed by atoms with E-state index in [9.17, 15) is 0 Å². The summed E-state index contributed by atoms with van der Waals surface area (Å²) < 4.78 is 3.87. The van der Waals surface area contributed by atoms with Crippen LogP contribution in [0.1, 0.15) is 24.0 Å². The molecular weight excluding hydrogens is 336 g/mol. The van der Waals surface area contributed by atoms with Crippen molar-refractivity contribution in [1.82, 2.24) is 24.5 Å². The van der Waals surface area contributed by atoms with Crippen molar-refractivity contribution in [2.24, 2.45) is 0 Å². The lowest BCUT2D eigenvalue weighted by Gasteiger charge is -2.11. The van der Waals surface area contributed by atoms with Gasteiger partial charge in [0.1, 0.15) is 6.33 Å². The van der Waals surface area contributed by atoms with Crippen molar-refractivity contribution in [3.63, 3.8) is 0 Å². The van der Waals surface area contributed by atoms with Gasteiger partial charge in [-0.3, -0.25) is 0 Å². The molecule has 0 spiro atoms. The maximum absolute atomic E-state index is 4.61. The first-order valence-electron chi connectivity index (χ1n) is 9.09. The van der Waals surface area contributed by atoms with E-state index < -0.39 is 0 Å². The first-order valence-corrected chi connectivity index (χ1v) is 9.09. The SMILES string of the molecule is CCc1c(NCc2ncnn2-c2ccccc2)cnn1-c1ccccc1C. The minimum atomic E-state index is 0.571. The molecule has 0 saturated heterocycles. The quantitative estimate of drug-likeness (QED) is 0.567. The monoisotopic (exact) mass is 358 g/mol. The van der Waals surface area contributed by atoms with Gasteiger partial charge in [0.2, 0.25) is 0 Å². The van der Waals surface area contributed by atoms with Crippen molar-refractivity contribution < 1.29 is 0 Å². The molecule has 0 unspecified atom stereocenters. The summed E-state index contributed by atoms with van der Waals surface area (Å²) in [4.78, 5) is 4.40. The van der Waals surface area contributed by atoms with E-state index in [4.69, 9.17) is 0 Å². The van der Waals surface area contributed by atoms with Crippen LogP contribution in [0.15, 0.2) is 67.1 Å². The van der Waals surface area contributed by atoms with E-state index in [1.807, 2.05) is 58.0 Å². The summed E-state index contributed by atoms with van der Waals surface area (Å²) in [5.41, 5.74) is 5.47. The Bertz CT molecular complexity index is 1030. The van der Waals surface area contributed by atoms with Crippen LogP contribution in [0.4, 0.5) is 5.69 Å². The molecule has 2 heterocycles. The maximum Gasteiger partial charge on any atom is 0.151 e. The van der Waals surface area contributed by atoms with Crippen LogP contribution in [-0.2, 0) is 13.0 Å². The van der Waals surface area contributed by atoms with Crippen LogP contribution in [0.3, 0.4) is 0 Å². The van der Waals surface area contributed by atoms with Gasteiger partial charge in [0.15, 0.2) is 5.82 Å². The second kappa shape index (κ2) is 7.45. The Hall–Kier alpha value is -3.41. The third-order valence-electron chi connectivity index (χ3n) is 4.60. The molecule has 2 aromatic heterocycles. The molecule has 6 heteroatoms. The van der Waals surface area contributed by atoms with Gasteiger partial charge in [-0.15, -0.1) is 0 Å². The summed E-state index contributed by atoms with van der Waals surface area (Å²) in [5.74, 6) is 0.854. The van der Waals surface area contributed by atoms with E-state index in [2.05, 4.69) is 46.5 Å². The van der Waals surface area contributed by atoms with Gasteiger partial charge in [0, 0.05) is 0 Å². The highest BCUT2D eigenvalue weighted by Crippen LogP contribution is 2.22.